The summed E-state index contributed by atoms with van der Waals surface area (Å²) in [5, 5.41) is 2.98. The molecule has 1 N–H and O–H groups in total. The largest absolute Gasteiger partial charge is 0.484 e. The van der Waals surface area contributed by atoms with Crippen LogP contribution in [0.4, 0.5) is 0 Å². The molecule has 0 radical (unpaired) electrons. The van der Waals surface area contributed by atoms with Crippen molar-refractivity contribution in [3.63, 3.8) is 0 Å². The summed E-state index contributed by atoms with van der Waals surface area (Å²) in [4.78, 5) is 28.4. The fourth-order valence-electron chi connectivity index (χ4n) is 3.64. The fraction of sp³-hybridized carbons (Fsp3) is 0.286. The minimum atomic E-state index is -0.661. The zero-order chi connectivity index (χ0) is 24.3. The standard InChI is InChI=1S/C28H31BrN2O3/c1-3-16-30-28(33)26(18-22-9-5-4-6-10-22)31(19-23-12-14-24(29)15-13-23)27(32)20-34-25-11-7-8-21(2)17-25/h4-15,17,26H,3,16,18-20H2,1-2H3,(H,30,33)/t26-/m1/s1. The molecular formula is C28H31BrN2O3. The summed E-state index contributed by atoms with van der Waals surface area (Å²) in [6, 6.07) is 24.5. The monoisotopic (exact) mass is 522 g/mol. The van der Waals surface area contributed by atoms with Crippen molar-refractivity contribution in [2.75, 3.05) is 13.2 Å². The maximum Gasteiger partial charge on any atom is 0.261 e. The van der Waals surface area contributed by atoms with Crippen molar-refractivity contribution in [3.05, 3.63) is 100 Å². The molecule has 178 valence electrons. The lowest BCUT2D eigenvalue weighted by atomic mass is 10.0. The van der Waals surface area contributed by atoms with Crippen LogP contribution in [-0.4, -0.2) is 35.9 Å². The van der Waals surface area contributed by atoms with Crippen LogP contribution in [0.1, 0.15) is 30.0 Å². The van der Waals surface area contributed by atoms with Crippen LogP contribution < -0.4 is 10.1 Å². The Morgan fingerprint density at radius 1 is 0.971 bits per heavy atom. The van der Waals surface area contributed by atoms with E-state index in [-0.39, 0.29) is 18.4 Å². The number of rotatable bonds is 11. The third-order valence-electron chi connectivity index (χ3n) is 5.44. The molecule has 3 aromatic carbocycles. The Labute approximate surface area is 210 Å². The number of ether oxygens (including phenoxy) is 1. The van der Waals surface area contributed by atoms with Crippen LogP contribution in [-0.2, 0) is 22.6 Å². The van der Waals surface area contributed by atoms with E-state index in [1.54, 1.807) is 4.90 Å². The van der Waals surface area contributed by atoms with Crippen LogP contribution in [0.3, 0.4) is 0 Å². The van der Waals surface area contributed by atoms with Crippen LogP contribution in [0.25, 0.3) is 0 Å². The predicted octanol–water partition coefficient (Wildman–Crippen LogP) is 5.30. The zero-order valence-corrected chi connectivity index (χ0v) is 21.3. The van der Waals surface area contributed by atoms with Crippen molar-refractivity contribution in [3.8, 4) is 5.75 Å². The minimum Gasteiger partial charge on any atom is -0.484 e. The van der Waals surface area contributed by atoms with E-state index in [4.69, 9.17) is 4.74 Å². The highest BCUT2D eigenvalue weighted by Crippen LogP contribution is 2.18. The SMILES string of the molecule is CCCNC(=O)[C@@H](Cc1ccccc1)N(Cc1ccc(Br)cc1)C(=O)COc1cccc(C)c1. The Morgan fingerprint density at radius 2 is 1.71 bits per heavy atom. The summed E-state index contributed by atoms with van der Waals surface area (Å²) in [6.45, 7) is 4.70. The van der Waals surface area contributed by atoms with Crippen molar-refractivity contribution in [2.24, 2.45) is 0 Å². The first kappa shape index (κ1) is 25.5. The Bertz CT molecular complexity index is 1070. The predicted molar refractivity (Wildman–Crippen MR) is 139 cm³/mol. The number of amides is 2. The lowest BCUT2D eigenvalue weighted by molar-refractivity contribution is -0.142. The minimum absolute atomic E-state index is 0.146. The van der Waals surface area contributed by atoms with Crippen molar-refractivity contribution >= 4 is 27.7 Å². The number of nitrogens with zero attached hydrogens (tertiary/aromatic N) is 1. The van der Waals surface area contributed by atoms with E-state index in [0.717, 1.165) is 27.6 Å². The maximum absolute atomic E-state index is 13.5. The first-order valence-corrected chi connectivity index (χ1v) is 12.3. The molecule has 3 aromatic rings. The molecule has 0 fully saturated rings. The highest BCUT2D eigenvalue weighted by molar-refractivity contribution is 9.10. The molecule has 0 spiro atoms. The van der Waals surface area contributed by atoms with Crippen LogP contribution >= 0.6 is 15.9 Å². The Balaban J connectivity index is 1.88. The molecule has 0 saturated carbocycles. The first-order chi connectivity index (χ1) is 16.5. The third-order valence-corrected chi connectivity index (χ3v) is 5.97. The number of nitrogens with one attached hydrogen (secondary N) is 1. The highest BCUT2D eigenvalue weighted by atomic mass is 79.9. The Kier molecular flexibility index (Phi) is 9.71. The van der Waals surface area contributed by atoms with Crippen LogP contribution in [0, 0.1) is 6.92 Å². The fourth-order valence-corrected chi connectivity index (χ4v) is 3.90. The molecule has 0 saturated heterocycles. The van der Waals surface area contributed by atoms with Gasteiger partial charge in [0.15, 0.2) is 6.61 Å². The van der Waals surface area contributed by atoms with Gasteiger partial charge in [0.1, 0.15) is 11.8 Å². The van der Waals surface area contributed by atoms with Crippen LogP contribution in [0.15, 0.2) is 83.3 Å². The van der Waals surface area contributed by atoms with E-state index in [1.165, 1.54) is 0 Å². The smallest absolute Gasteiger partial charge is 0.261 e. The number of hydrogen-bond acceptors (Lipinski definition) is 3. The normalized spacial score (nSPS) is 11.5. The van der Waals surface area contributed by atoms with Crippen molar-refractivity contribution < 1.29 is 14.3 Å². The van der Waals surface area contributed by atoms with Gasteiger partial charge in [-0.15, -0.1) is 0 Å². The summed E-state index contributed by atoms with van der Waals surface area (Å²) in [6.07, 6.45) is 1.24. The van der Waals surface area contributed by atoms with Gasteiger partial charge < -0.3 is 15.0 Å². The van der Waals surface area contributed by atoms with E-state index in [0.29, 0.717) is 25.3 Å². The summed E-state index contributed by atoms with van der Waals surface area (Å²) < 4.78 is 6.77. The second-order valence-corrected chi connectivity index (χ2v) is 9.17. The average molecular weight is 523 g/mol. The van der Waals surface area contributed by atoms with E-state index < -0.39 is 6.04 Å². The molecule has 0 aliphatic carbocycles. The van der Waals surface area contributed by atoms with E-state index in [2.05, 4.69) is 21.2 Å². The number of hydrogen-bond donors (Lipinski definition) is 1. The first-order valence-electron chi connectivity index (χ1n) is 11.5. The molecule has 0 unspecified atom stereocenters. The van der Waals surface area contributed by atoms with Gasteiger partial charge in [0.2, 0.25) is 5.91 Å². The van der Waals surface area contributed by atoms with Crippen molar-refractivity contribution in [2.45, 2.75) is 39.3 Å². The van der Waals surface area contributed by atoms with Gasteiger partial charge in [-0.25, -0.2) is 0 Å². The molecule has 6 heteroatoms. The number of halogens is 1. The van der Waals surface area contributed by atoms with Crippen molar-refractivity contribution in [1.82, 2.24) is 10.2 Å². The van der Waals surface area contributed by atoms with Crippen molar-refractivity contribution in [1.29, 1.82) is 0 Å². The second-order valence-electron chi connectivity index (χ2n) is 8.25. The molecular weight excluding hydrogens is 492 g/mol. The molecule has 5 nitrogen and oxygen atoms in total. The summed E-state index contributed by atoms with van der Waals surface area (Å²) in [5.41, 5.74) is 2.98. The quantitative estimate of drug-likeness (QED) is 0.371. The van der Waals surface area contributed by atoms with Crippen LogP contribution in [0.5, 0.6) is 5.75 Å². The second kappa shape index (κ2) is 12.9. The maximum atomic E-state index is 13.5. The molecule has 0 aromatic heterocycles. The van der Waals surface area contributed by atoms with Crippen LogP contribution in [0.2, 0.25) is 0 Å². The molecule has 0 bridgehead atoms. The lowest BCUT2D eigenvalue weighted by Gasteiger charge is -2.31. The van der Waals surface area contributed by atoms with E-state index in [1.807, 2.05) is 92.7 Å². The molecule has 0 aliphatic heterocycles. The topological polar surface area (TPSA) is 58.6 Å². The van der Waals surface area contributed by atoms with Gasteiger partial charge in [0, 0.05) is 24.0 Å². The van der Waals surface area contributed by atoms with Gasteiger partial charge in [-0.05, 0) is 54.3 Å². The summed E-state index contributed by atoms with van der Waals surface area (Å²) >= 11 is 3.46. The van der Waals surface area contributed by atoms with Gasteiger partial charge >= 0.3 is 0 Å². The number of benzene rings is 3. The van der Waals surface area contributed by atoms with E-state index in [9.17, 15) is 9.59 Å². The Hall–Kier alpha value is -3.12. The zero-order valence-electron chi connectivity index (χ0n) is 19.7. The highest BCUT2D eigenvalue weighted by Gasteiger charge is 2.30. The molecule has 34 heavy (non-hydrogen) atoms. The molecule has 3 rings (SSSR count). The lowest BCUT2D eigenvalue weighted by Crippen LogP contribution is -2.51. The van der Waals surface area contributed by atoms with Gasteiger partial charge in [-0.1, -0.05) is 77.5 Å². The summed E-state index contributed by atoms with van der Waals surface area (Å²) in [5.74, 6) is 0.232. The van der Waals surface area contributed by atoms with Gasteiger partial charge in [-0.2, -0.15) is 0 Å². The number of carbonyl (C=O) groups is 2. The summed E-state index contributed by atoms with van der Waals surface area (Å²) in [7, 11) is 0. The van der Waals surface area contributed by atoms with Gasteiger partial charge in [0.05, 0.1) is 0 Å². The third kappa shape index (κ3) is 7.73. The molecule has 0 heterocycles. The Morgan fingerprint density at radius 3 is 2.38 bits per heavy atom. The average Bonchev–Trinajstić information content (AvgIpc) is 2.85. The number of aryl methyl sites for hydroxylation is 1. The molecule has 0 aliphatic rings. The van der Waals surface area contributed by atoms with Gasteiger partial charge in [-0.3, -0.25) is 9.59 Å². The van der Waals surface area contributed by atoms with E-state index >= 15 is 0 Å². The van der Waals surface area contributed by atoms with Gasteiger partial charge in [0.25, 0.3) is 5.91 Å². The molecule has 1 atom stereocenters. The molecule has 2 amide bonds. The number of carbonyl (C=O) groups excluding carboxylic acids is 2.